The smallest absolute Gasteiger partial charge is 0.150 e. The summed E-state index contributed by atoms with van der Waals surface area (Å²) in [5, 5.41) is 8.03. The number of anilines is 2. The van der Waals surface area contributed by atoms with Crippen LogP contribution < -0.4 is 14.5 Å². The van der Waals surface area contributed by atoms with Gasteiger partial charge >= 0.3 is 0 Å². The van der Waals surface area contributed by atoms with E-state index in [1.54, 1.807) is 0 Å². The van der Waals surface area contributed by atoms with E-state index < -0.39 is 6.04 Å². The van der Waals surface area contributed by atoms with Crippen LogP contribution in [-0.4, -0.2) is 55.1 Å². The van der Waals surface area contributed by atoms with Crippen LogP contribution in [0.25, 0.3) is 21.9 Å². The first kappa shape index (κ1) is 34.5. The Hall–Kier alpha value is -4.33. The molecule has 0 radical (unpaired) electrons. The maximum Gasteiger partial charge on any atom is 0.150 e. The van der Waals surface area contributed by atoms with Crippen LogP contribution in [0.5, 0.6) is 5.75 Å². The van der Waals surface area contributed by atoms with Crippen molar-refractivity contribution in [3.63, 3.8) is 0 Å². The first-order valence-corrected chi connectivity index (χ1v) is 17.4. The molecule has 4 aromatic carbocycles. The van der Waals surface area contributed by atoms with Crippen molar-refractivity contribution in [2.75, 3.05) is 36.5 Å². The lowest BCUT2D eigenvalue weighted by atomic mass is 9.89. The van der Waals surface area contributed by atoms with Crippen LogP contribution >= 0.6 is 23.2 Å². The molecule has 0 amide bonds. The maximum atomic E-state index is 13.1. The van der Waals surface area contributed by atoms with Gasteiger partial charge < -0.3 is 19.3 Å². The van der Waals surface area contributed by atoms with Gasteiger partial charge in [0.05, 0.1) is 29.1 Å². The van der Waals surface area contributed by atoms with Gasteiger partial charge in [0.25, 0.3) is 0 Å². The van der Waals surface area contributed by atoms with Crippen molar-refractivity contribution in [2.45, 2.75) is 52.5 Å². The van der Waals surface area contributed by atoms with Crippen molar-refractivity contribution in [1.29, 1.82) is 0 Å². The van der Waals surface area contributed by atoms with E-state index in [1.165, 1.54) is 0 Å². The topological polar surface area (TPSA) is 67.7 Å². The number of carbonyl (C=O) groups excluding carboxylic acids is 2. The summed E-state index contributed by atoms with van der Waals surface area (Å²) < 4.78 is 8.05. The Bertz CT molecular complexity index is 2030. The molecule has 1 aliphatic heterocycles. The van der Waals surface area contributed by atoms with Gasteiger partial charge in [0.15, 0.2) is 6.29 Å². The second-order valence-electron chi connectivity index (χ2n) is 13.1. The molecule has 0 saturated carbocycles. The molecule has 7 nitrogen and oxygen atoms in total. The van der Waals surface area contributed by atoms with Crippen LogP contribution in [0.15, 0.2) is 60.7 Å². The number of halogens is 2. The summed E-state index contributed by atoms with van der Waals surface area (Å²) in [4.78, 5) is 29.5. The largest absolute Gasteiger partial charge is 0.494 e. The van der Waals surface area contributed by atoms with E-state index >= 15 is 0 Å². The number of hydrogen-bond donors (Lipinski definition) is 0. The highest BCUT2D eigenvalue weighted by Gasteiger charge is 2.41. The zero-order valence-electron chi connectivity index (χ0n) is 28.9. The minimum Gasteiger partial charge on any atom is -0.494 e. The molecule has 2 heterocycles. The van der Waals surface area contributed by atoms with Crippen LogP contribution in [0.1, 0.15) is 57.2 Å². The van der Waals surface area contributed by atoms with E-state index in [9.17, 15) is 9.59 Å². The lowest BCUT2D eigenvalue weighted by molar-refractivity contribution is -0.109. The Morgan fingerprint density at radius 2 is 1.67 bits per heavy atom. The summed E-state index contributed by atoms with van der Waals surface area (Å²) >= 11 is 13.4. The van der Waals surface area contributed by atoms with Crippen LogP contribution in [0.2, 0.25) is 10.0 Å². The molecule has 0 N–H and O–H groups in total. The average molecular weight is 698 g/mol. The third kappa shape index (κ3) is 6.42. The number of likely N-dealkylation sites (N-methyl/N-ethyl adjacent to an activating group) is 1. The number of ether oxygens (including phenoxy) is 1. The summed E-state index contributed by atoms with van der Waals surface area (Å²) in [7, 11) is 3.97. The van der Waals surface area contributed by atoms with Gasteiger partial charge in [-0.3, -0.25) is 9.48 Å². The quantitative estimate of drug-likeness (QED) is 0.0958. The van der Waals surface area contributed by atoms with E-state index in [2.05, 4.69) is 22.8 Å². The monoisotopic (exact) mass is 696 g/mol. The molecule has 0 aliphatic carbocycles. The fourth-order valence-electron chi connectivity index (χ4n) is 7.50. The van der Waals surface area contributed by atoms with Gasteiger partial charge in [0.2, 0.25) is 0 Å². The van der Waals surface area contributed by atoms with Crippen molar-refractivity contribution in [2.24, 2.45) is 7.05 Å². The van der Waals surface area contributed by atoms with Crippen LogP contribution in [-0.2, 0) is 11.8 Å². The number of carbonyl (C=O) groups is 2. The summed E-state index contributed by atoms with van der Waals surface area (Å²) in [6, 6.07) is 19.4. The van der Waals surface area contributed by atoms with Crippen molar-refractivity contribution >= 4 is 57.9 Å². The Morgan fingerprint density at radius 3 is 2.33 bits per heavy atom. The van der Waals surface area contributed by atoms with E-state index in [4.69, 9.17) is 33.0 Å². The molecule has 49 heavy (non-hydrogen) atoms. The molecule has 6 rings (SSSR count). The van der Waals surface area contributed by atoms with Gasteiger partial charge in [-0.15, -0.1) is 0 Å². The maximum absolute atomic E-state index is 13.1. The third-order valence-electron chi connectivity index (χ3n) is 9.98. The van der Waals surface area contributed by atoms with Gasteiger partial charge in [-0.25, -0.2) is 0 Å². The predicted molar refractivity (Wildman–Crippen MR) is 201 cm³/mol. The summed E-state index contributed by atoms with van der Waals surface area (Å²) in [6.45, 7) is 9.70. The van der Waals surface area contributed by atoms with E-state index in [0.29, 0.717) is 30.3 Å². The highest BCUT2D eigenvalue weighted by molar-refractivity contribution is 6.34. The first-order valence-electron chi connectivity index (χ1n) is 16.7. The molecule has 0 spiro atoms. The molecule has 0 saturated heterocycles. The Labute approximate surface area is 298 Å². The fraction of sp³-hybridized carbons (Fsp3) is 0.325. The van der Waals surface area contributed by atoms with Crippen molar-refractivity contribution < 1.29 is 14.3 Å². The van der Waals surface area contributed by atoms with Crippen molar-refractivity contribution in [1.82, 2.24) is 9.78 Å². The Balaban J connectivity index is 1.34. The minimum absolute atomic E-state index is 0.0531. The lowest BCUT2D eigenvalue weighted by Crippen LogP contribution is -2.40. The molecule has 2 atom stereocenters. The van der Waals surface area contributed by atoms with Gasteiger partial charge in [-0.2, -0.15) is 5.10 Å². The normalized spacial score (nSPS) is 15.5. The number of hydrogen-bond acceptors (Lipinski definition) is 6. The molecule has 1 aliphatic rings. The molecule has 2 unspecified atom stereocenters. The summed E-state index contributed by atoms with van der Waals surface area (Å²) in [5.74, 6) is 0.744. The minimum atomic E-state index is -0.393. The Kier molecular flexibility index (Phi) is 10.0. The molecule has 9 heteroatoms. The van der Waals surface area contributed by atoms with Crippen LogP contribution in [0.4, 0.5) is 11.4 Å². The molecular weight excluding hydrogens is 655 g/mol. The van der Waals surface area contributed by atoms with E-state index in [0.717, 1.165) is 97.5 Å². The van der Waals surface area contributed by atoms with Crippen LogP contribution in [0, 0.1) is 27.7 Å². The standard InChI is InChI=1S/C40H42Cl2N4O3/c1-24-20-30(21-25(2)39(24)42)49-19-9-13-31-32-15-16-33(41)38(36-26(3)43-45(6)27(36)4)40(32)46(35(31)23-48)18-17-44(5)34-14-8-11-28-10-7-12-29(22-47)37(28)34/h7-8,10-12,14-16,20-23,31,35H,9,13,17-19H2,1-6H3. The SMILES string of the molecule is Cc1cc(OCCCC2c3ccc(Cl)c(-c4c(C)nn(C)c4C)c3N(CCN(C)c3cccc4cccc(C=O)c34)C2C=O)cc(C)c1Cl. The molecular formula is C40H42Cl2N4O3. The van der Waals surface area contributed by atoms with Crippen molar-refractivity contribution in [3.05, 3.63) is 104 Å². The second kappa shape index (κ2) is 14.3. The zero-order valence-corrected chi connectivity index (χ0v) is 30.4. The first-order chi connectivity index (χ1) is 23.5. The van der Waals surface area contributed by atoms with Gasteiger partial charge in [-0.1, -0.05) is 59.6 Å². The number of rotatable bonds is 12. The van der Waals surface area contributed by atoms with Gasteiger partial charge in [-0.05, 0) is 86.9 Å². The number of fused-ring (bicyclic) bond motifs is 2. The number of aryl methyl sites for hydroxylation is 4. The van der Waals surface area contributed by atoms with E-state index in [-0.39, 0.29) is 5.92 Å². The Morgan fingerprint density at radius 1 is 0.959 bits per heavy atom. The molecule has 5 aromatic rings. The lowest BCUT2D eigenvalue weighted by Gasteiger charge is -2.31. The summed E-state index contributed by atoms with van der Waals surface area (Å²) in [6.07, 6.45) is 3.51. The molecule has 0 fully saturated rings. The molecule has 0 bridgehead atoms. The van der Waals surface area contributed by atoms with Gasteiger partial charge in [0, 0.05) is 71.6 Å². The van der Waals surface area contributed by atoms with Gasteiger partial charge in [0.1, 0.15) is 12.0 Å². The molecule has 254 valence electrons. The van der Waals surface area contributed by atoms with Crippen LogP contribution in [0.3, 0.4) is 0 Å². The number of aldehydes is 2. The van der Waals surface area contributed by atoms with Crippen molar-refractivity contribution in [3.8, 4) is 16.9 Å². The zero-order chi connectivity index (χ0) is 35.0. The average Bonchev–Trinajstić information content (AvgIpc) is 3.53. The third-order valence-corrected chi connectivity index (χ3v) is 10.9. The summed E-state index contributed by atoms with van der Waals surface area (Å²) in [5.41, 5.74) is 9.48. The number of nitrogens with zero attached hydrogens (tertiary/aromatic N) is 4. The highest BCUT2D eigenvalue weighted by Crippen LogP contribution is 2.51. The predicted octanol–water partition coefficient (Wildman–Crippen LogP) is 9.06. The highest BCUT2D eigenvalue weighted by atomic mass is 35.5. The second-order valence-corrected chi connectivity index (χ2v) is 13.9. The molecule has 1 aromatic heterocycles. The number of aromatic nitrogens is 2. The number of benzene rings is 4. The fourth-order valence-corrected chi connectivity index (χ4v) is 7.85. The van der Waals surface area contributed by atoms with E-state index in [1.807, 2.05) is 94.1 Å².